The zero-order valence-corrected chi connectivity index (χ0v) is 50.0. The highest BCUT2D eigenvalue weighted by molar-refractivity contribution is 6.35. The lowest BCUT2D eigenvalue weighted by atomic mass is 9.85. The predicted octanol–water partition coefficient (Wildman–Crippen LogP) is 11.9. The number of nitrogens with zero attached hydrogens (tertiary/aromatic N) is 9. The molecule has 2 amide bonds. The molecule has 2 radical (unpaired) electrons. The molecule has 0 aromatic carbocycles. The molecule has 430 valence electrons. The van der Waals surface area contributed by atoms with E-state index in [0.717, 1.165) is 87.2 Å². The van der Waals surface area contributed by atoms with Gasteiger partial charge in [-0.2, -0.15) is 0 Å². The summed E-state index contributed by atoms with van der Waals surface area (Å²) >= 11 is 29.7. The van der Waals surface area contributed by atoms with Gasteiger partial charge in [-0.3, -0.25) is 19.4 Å². The number of nitrogens with one attached hydrogen (secondary N) is 1. The van der Waals surface area contributed by atoms with Crippen molar-refractivity contribution in [2.45, 2.75) is 205 Å². The number of carbonyl (C=O) groups is 2. The number of halogens is 5. The summed E-state index contributed by atoms with van der Waals surface area (Å²) in [6.45, 7) is 3.26. The van der Waals surface area contributed by atoms with E-state index in [9.17, 15) is 9.59 Å². The summed E-state index contributed by atoms with van der Waals surface area (Å²) in [5.41, 5.74) is 6.28. The smallest absolute Gasteiger partial charge is 0.312 e. The molecule has 16 unspecified atom stereocenters. The topological polar surface area (TPSA) is 133 Å². The van der Waals surface area contributed by atoms with Crippen molar-refractivity contribution in [1.29, 1.82) is 0 Å². The van der Waals surface area contributed by atoms with Gasteiger partial charge in [-0.25, -0.2) is 24.9 Å². The minimum absolute atomic E-state index is 0.0463. The molecule has 16 atom stereocenters. The third kappa shape index (κ3) is 11.7. The molecule has 11 aliphatic rings. The van der Waals surface area contributed by atoms with Crippen LogP contribution in [0.5, 0.6) is 0 Å². The molecular weight excluding hydrogens is 1130 g/mol. The summed E-state index contributed by atoms with van der Waals surface area (Å²) in [5.74, 6) is 1.70. The Morgan fingerprint density at radius 1 is 0.451 bits per heavy atom. The van der Waals surface area contributed by atoms with E-state index in [-0.39, 0.29) is 53.8 Å². The Labute approximate surface area is 508 Å². The lowest BCUT2D eigenvalue weighted by Gasteiger charge is -2.29. The van der Waals surface area contributed by atoms with Crippen LogP contribution >= 0.6 is 58.0 Å². The fourth-order valence-corrected chi connectivity index (χ4v) is 17.8. The van der Waals surface area contributed by atoms with Gasteiger partial charge < -0.3 is 19.9 Å². The molecule has 5 aromatic heterocycles. The average Bonchev–Trinajstić information content (AvgIpc) is 4.49. The molecule has 19 heteroatoms. The third-order valence-electron chi connectivity index (χ3n) is 20.9. The van der Waals surface area contributed by atoms with Gasteiger partial charge in [0.15, 0.2) is 0 Å². The Bertz CT molecular complexity index is 2860. The lowest BCUT2D eigenvalue weighted by Crippen LogP contribution is -2.49. The molecule has 1 N–H and O–H groups in total. The Morgan fingerprint density at radius 3 is 1.13 bits per heavy atom. The number of fused-ring (bicyclic) bond motifs is 10. The number of carbonyl (C=O) groups excluding carboxylic acids is 2. The average molecular weight is 1210 g/mol. The third-order valence-corrected chi connectivity index (χ3v) is 22.0. The predicted molar refractivity (Wildman–Crippen MR) is 322 cm³/mol. The normalized spacial score (nSPS) is 34.3. The van der Waals surface area contributed by atoms with Crippen molar-refractivity contribution in [2.24, 2.45) is 0 Å². The molecule has 11 aliphatic heterocycles. The van der Waals surface area contributed by atoms with E-state index < -0.39 is 0 Å². The maximum Gasteiger partial charge on any atom is 0.312 e. The van der Waals surface area contributed by atoms with Crippen molar-refractivity contribution >= 4 is 77.7 Å². The standard InChI is InChI=1S/C24H24Cl2N4O2.C24H28Cl2N4.C11H13ClN2.C4H7BO/c25-21-7-1-13(11-27-21)17-9-15-3-5-19(17)29(15)23(31)24(32)30-16-4-6-20(30)18(10-16)14-2-8-22(26)28-12-14;25-23-7-1-15(13-27-23)19-11-17-3-5-21(19)29(17)9-10-30-18-4-6-22(30)20(12-18)16-2-8-24(26)28-14-16;12-11-4-1-7(6-13-11)9-5-8-2-3-10(9)14-8;5-4-2-1-3-6-4/h1-2,7-8,11-12,15-20H,3-6,9-10H2;1-2,7-8,13-14,17-22H,3-6,9-12H2;1,4,6,8-10,14H,2-3,5H2;4H,1-3H2. The first-order chi connectivity index (χ1) is 39.9. The van der Waals surface area contributed by atoms with Crippen LogP contribution in [-0.2, 0) is 14.3 Å². The van der Waals surface area contributed by atoms with Crippen molar-refractivity contribution in [1.82, 2.24) is 49.8 Å². The number of rotatable bonds is 8. The molecular formula is C63H72BCl5N10O3. The molecule has 10 bridgehead atoms. The van der Waals surface area contributed by atoms with Crippen molar-refractivity contribution in [3.63, 3.8) is 0 Å². The van der Waals surface area contributed by atoms with Crippen molar-refractivity contribution < 1.29 is 14.3 Å². The second kappa shape index (κ2) is 24.8. The quantitative estimate of drug-likeness (QED) is 0.0904. The van der Waals surface area contributed by atoms with E-state index in [1.807, 2.05) is 71.1 Å². The molecule has 0 saturated carbocycles. The van der Waals surface area contributed by atoms with Gasteiger partial charge in [0, 0.05) is 147 Å². The van der Waals surface area contributed by atoms with Gasteiger partial charge in [0.2, 0.25) is 0 Å². The maximum absolute atomic E-state index is 13.5. The highest BCUT2D eigenvalue weighted by atomic mass is 35.5. The van der Waals surface area contributed by atoms with E-state index in [4.69, 9.17) is 70.6 Å². The molecule has 16 rings (SSSR count). The first-order valence-corrected chi connectivity index (χ1v) is 32.2. The van der Waals surface area contributed by atoms with Crippen LogP contribution < -0.4 is 5.32 Å². The number of amides is 2. The Kier molecular flexibility index (Phi) is 17.3. The molecule has 82 heavy (non-hydrogen) atoms. The van der Waals surface area contributed by atoms with E-state index >= 15 is 0 Å². The Balaban J connectivity index is 0.000000116. The van der Waals surface area contributed by atoms with Gasteiger partial charge in [-0.05, 0) is 167 Å². The number of ether oxygens (including phenoxy) is 1. The fourth-order valence-electron chi connectivity index (χ4n) is 17.2. The number of pyridine rings is 5. The summed E-state index contributed by atoms with van der Waals surface area (Å²) in [5, 5.41) is 6.34. The second-order valence-electron chi connectivity index (χ2n) is 25.0. The number of hydrogen-bond donors (Lipinski definition) is 1. The minimum Gasteiger partial charge on any atom is -0.388 e. The van der Waals surface area contributed by atoms with E-state index in [2.05, 4.69) is 58.2 Å². The highest BCUT2D eigenvalue weighted by Crippen LogP contribution is 2.52. The highest BCUT2D eigenvalue weighted by Gasteiger charge is 2.56. The summed E-state index contributed by atoms with van der Waals surface area (Å²) in [6, 6.07) is 24.6. The SMILES string of the molecule is Clc1ccc(C2CC3CCC2N3)cn1.Clc1ccc(C2CC3CCC2N3CCN2C3CCC2C(c2ccc(Cl)nc2)C3)cn1.O=C(C(=O)N1C2CCC1C(c1ccc(Cl)nc1)C2)N1C2CCC1C(c1ccc(Cl)nc1)C2.[B]C1CCCO1. The monoisotopic (exact) mass is 1200 g/mol. The summed E-state index contributed by atoms with van der Waals surface area (Å²) in [6.07, 6.45) is 29.1. The molecule has 13 nitrogen and oxygen atoms in total. The first kappa shape index (κ1) is 57.1. The number of hydrogen-bond acceptors (Lipinski definition) is 11. The van der Waals surface area contributed by atoms with Gasteiger partial charge in [0.05, 0.1) is 0 Å². The maximum atomic E-state index is 13.5. The molecule has 5 aromatic rings. The van der Waals surface area contributed by atoms with E-state index in [0.29, 0.717) is 61.6 Å². The van der Waals surface area contributed by atoms with Crippen LogP contribution in [0.4, 0.5) is 0 Å². The fraction of sp³-hybridized carbons (Fsp3) is 0.571. The van der Waals surface area contributed by atoms with Gasteiger partial charge in [0.25, 0.3) is 0 Å². The van der Waals surface area contributed by atoms with Crippen LogP contribution in [0.1, 0.15) is 167 Å². The van der Waals surface area contributed by atoms with Crippen molar-refractivity contribution in [3.05, 3.63) is 145 Å². The zero-order chi connectivity index (χ0) is 56.2. The molecule has 11 saturated heterocycles. The molecule has 0 aliphatic carbocycles. The van der Waals surface area contributed by atoms with Crippen LogP contribution in [0, 0.1) is 0 Å². The summed E-state index contributed by atoms with van der Waals surface area (Å²) in [4.78, 5) is 57.7. The van der Waals surface area contributed by atoms with Crippen LogP contribution in [0.15, 0.2) is 91.6 Å². The Hall–Kier alpha value is -3.96. The summed E-state index contributed by atoms with van der Waals surface area (Å²) < 4.78 is 4.93. The van der Waals surface area contributed by atoms with Crippen LogP contribution in [0.3, 0.4) is 0 Å². The summed E-state index contributed by atoms with van der Waals surface area (Å²) in [7, 11) is 5.31. The van der Waals surface area contributed by atoms with Gasteiger partial charge >= 0.3 is 11.8 Å². The van der Waals surface area contributed by atoms with Gasteiger partial charge in [-0.1, -0.05) is 88.3 Å². The minimum atomic E-state index is -0.325. The zero-order valence-electron chi connectivity index (χ0n) is 46.3. The van der Waals surface area contributed by atoms with Crippen molar-refractivity contribution in [3.8, 4) is 0 Å². The van der Waals surface area contributed by atoms with Gasteiger partial charge in [0.1, 0.15) is 33.6 Å². The Morgan fingerprint density at radius 2 is 0.817 bits per heavy atom. The number of aromatic nitrogens is 5. The van der Waals surface area contributed by atoms with Crippen LogP contribution in [-0.4, -0.2) is 150 Å². The van der Waals surface area contributed by atoms with E-state index in [1.54, 1.807) is 12.1 Å². The van der Waals surface area contributed by atoms with Crippen molar-refractivity contribution in [2.75, 3.05) is 19.7 Å². The lowest BCUT2D eigenvalue weighted by molar-refractivity contribution is -0.153. The largest absolute Gasteiger partial charge is 0.388 e. The molecule has 11 fully saturated rings. The first-order valence-electron chi connectivity index (χ1n) is 30.3. The van der Waals surface area contributed by atoms with Crippen LogP contribution in [0.2, 0.25) is 25.8 Å². The van der Waals surface area contributed by atoms with Gasteiger partial charge in [-0.15, -0.1) is 0 Å². The van der Waals surface area contributed by atoms with E-state index in [1.165, 1.54) is 87.6 Å². The van der Waals surface area contributed by atoms with Crippen LogP contribution in [0.25, 0.3) is 0 Å². The molecule has 16 heterocycles. The molecule has 0 spiro atoms. The second-order valence-corrected chi connectivity index (χ2v) is 26.9.